The Morgan fingerprint density at radius 2 is 1.68 bits per heavy atom. The number of carbonyl (C=O) groups excluding carboxylic acids is 1. The molecule has 0 bridgehead atoms. The maximum atomic E-state index is 13.6. The van der Waals surface area contributed by atoms with Gasteiger partial charge in [-0.3, -0.25) is 14.8 Å². The summed E-state index contributed by atoms with van der Waals surface area (Å²) in [5.74, 6) is -0.363. The molecule has 4 atom stereocenters. The van der Waals surface area contributed by atoms with E-state index in [4.69, 9.17) is 29.4 Å². The first-order valence-electron chi connectivity index (χ1n) is 21.5. The summed E-state index contributed by atoms with van der Waals surface area (Å²) < 4.78 is 19.9. The van der Waals surface area contributed by atoms with E-state index in [2.05, 4.69) is 29.5 Å². The Kier molecular flexibility index (Phi) is 15.3. The molecule has 330 valence electrons. The molecule has 16 heteroatoms. The van der Waals surface area contributed by atoms with E-state index in [0.717, 1.165) is 58.3 Å². The first kappa shape index (κ1) is 44.8. The lowest BCUT2D eigenvalue weighted by atomic mass is 9.80. The zero-order valence-corrected chi connectivity index (χ0v) is 36.5. The average Bonchev–Trinajstić information content (AvgIpc) is 3.82. The number of anilines is 2. The van der Waals surface area contributed by atoms with Crippen LogP contribution < -0.4 is 15.5 Å². The van der Waals surface area contributed by atoms with Crippen molar-refractivity contribution >= 4 is 50.3 Å². The molecule has 1 fully saturated rings. The van der Waals surface area contributed by atoms with Crippen LogP contribution in [0.5, 0.6) is 0 Å². The Balaban J connectivity index is 0.978. The highest BCUT2D eigenvalue weighted by atomic mass is 32.1. The first-order valence-corrected chi connectivity index (χ1v) is 22.3. The highest BCUT2D eigenvalue weighted by Crippen LogP contribution is 2.35. The van der Waals surface area contributed by atoms with Crippen LogP contribution in [-0.4, -0.2) is 107 Å². The van der Waals surface area contributed by atoms with Crippen molar-refractivity contribution in [2.75, 3.05) is 62.9 Å². The molecule has 15 nitrogen and oxygen atoms in total. The number of carboxylic acids is 2. The van der Waals surface area contributed by atoms with Crippen molar-refractivity contribution in [1.82, 2.24) is 25.1 Å². The molecule has 0 radical (unpaired) electrons. The zero-order valence-electron chi connectivity index (χ0n) is 35.7. The van der Waals surface area contributed by atoms with Gasteiger partial charge < -0.3 is 34.6 Å². The first-order chi connectivity index (χ1) is 30.0. The summed E-state index contributed by atoms with van der Waals surface area (Å²) in [6, 6.07) is 17.2. The third kappa shape index (κ3) is 11.6. The maximum absolute atomic E-state index is 13.6. The van der Waals surface area contributed by atoms with E-state index >= 15 is 0 Å². The molecule has 0 saturated heterocycles. The predicted molar refractivity (Wildman–Crippen MR) is 238 cm³/mol. The van der Waals surface area contributed by atoms with E-state index < -0.39 is 11.9 Å². The van der Waals surface area contributed by atoms with Crippen LogP contribution in [0.15, 0.2) is 60.8 Å². The van der Waals surface area contributed by atoms with Crippen molar-refractivity contribution in [1.29, 1.82) is 0 Å². The van der Waals surface area contributed by atoms with Crippen molar-refractivity contribution in [2.24, 2.45) is 17.8 Å². The van der Waals surface area contributed by atoms with Gasteiger partial charge in [-0.1, -0.05) is 49.4 Å². The number of hydrogen-bond acceptors (Lipinski definition) is 12. The lowest BCUT2D eigenvalue weighted by Gasteiger charge is -2.32. The molecule has 1 aliphatic heterocycles. The second-order valence-electron chi connectivity index (χ2n) is 16.6. The van der Waals surface area contributed by atoms with Crippen molar-refractivity contribution in [2.45, 2.75) is 72.1 Å². The Morgan fingerprint density at radius 3 is 2.50 bits per heavy atom. The number of rotatable bonds is 19. The third-order valence-corrected chi connectivity index (χ3v) is 12.7. The van der Waals surface area contributed by atoms with Gasteiger partial charge in [0.1, 0.15) is 12.4 Å². The van der Waals surface area contributed by atoms with E-state index in [0.29, 0.717) is 98.8 Å². The van der Waals surface area contributed by atoms with Gasteiger partial charge in [-0.2, -0.15) is 5.10 Å². The fourth-order valence-electron chi connectivity index (χ4n) is 8.92. The number of carbonyl (C=O) groups is 3. The summed E-state index contributed by atoms with van der Waals surface area (Å²) in [5, 5.41) is 30.8. The number of benzene rings is 2. The number of aromatic nitrogens is 4. The summed E-state index contributed by atoms with van der Waals surface area (Å²) in [6.07, 6.45) is 6.63. The summed E-state index contributed by atoms with van der Waals surface area (Å²) in [6.45, 7) is 11.1. The monoisotopic (exact) mass is 867 g/mol. The molecule has 5 aromatic rings. The van der Waals surface area contributed by atoms with Gasteiger partial charge >= 0.3 is 11.9 Å². The molecule has 7 rings (SSSR count). The van der Waals surface area contributed by atoms with E-state index in [1.165, 1.54) is 11.3 Å². The minimum atomic E-state index is -1.12. The quantitative estimate of drug-likeness (QED) is 0.0626. The number of aliphatic carboxylic acids is 1. The summed E-state index contributed by atoms with van der Waals surface area (Å²) >= 11 is 1.43. The van der Waals surface area contributed by atoms with E-state index in [-0.39, 0.29) is 30.9 Å². The van der Waals surface area contributed by atoms with Gasteiger partial charge in [0.05, 0.1) is 48.9 Å². The summed E-state index contributed by atoms with van der Waals surface area (Å²) in [7, 11) is 0. The van der Waals surface area contributed by atoms with Crippen LogP contribution in [-0.2, 0) is 38.5 Å². The van der Waals surface area contributed by atoms with Gasteiger partial charge in [0.15, 0.2) is 10.8 Å². The molecule has 1 amide bonds. The highest BCUT2D eigenvalue weighted by Gasteiger charge is 2.29. The highest BCUT2D eigenvalue weighted by molar-refractivity contribution is 7.22. The number of aromatic carboxylic acids is 1. The summed E-state index contributed by atoms with van der Waals surface area (Å²) in [5.41, 5.74) is 5.47. The van der Waals surface area contributed by atoms with Crippen LogP contribution in [0.1, 0.15) is 77.2 Å². The topological polar surface area (TPSA) is 190 Å². The van der Waals surface area contributed by atoms with Crippen LogP contribution in [0, 0.1) is 24.7 Å². The molecule has 4 N–H and O–H groups in total. The number of nitrogens with one attached hydrogen (secondary N) is 2. The van der Waals surface area contributed by atoms with Crippen molar-refractivity contribution < 1.29 is 38.8 Å². The second kappa shape index (κ2) is 21.2. The smallest absolute Gasteiger partial charge is 0.355 e. The largest absolute Gasteiger partial charge is 0.480 e. The average molecular weight is 868 g/mol. The number of ether oxygens (including phenoxy) is 3. The zero-order chi connectivity index (χ0) is 43.6. The maximum Gasteiger partial charge on any atom is 0.355 e. The molecule has 4 unspecified atom stereocenters. The predicted octanol–water partition coefficient (Wildman–Crippen LogP) is 6.93. The van der Waals surface area contributed by atoms with Gasteiger partial charge in [0.25, 0.3) is 5.91 Å². The van der Waals surface area contributed by atoms with Gasteiger partial charge in [0.2, 0.25) is 0 Å². The second-order valence-corrected chi connectivity index (χ2v) is 17.6. The van der Waals surface area contributed by atoms with Crippen LogP contribution in [0.4, 0.5) is 10.9 Å². The van der Waals surface area contributed by atoms with E-state index in [1.54, 1.807) is 6.20 Å². The molecule has 3 aromatic heterocycles. The Hall–Kier alpha value is -5.26. The number of hydrogen-bond donors (Lipinski definition) is 4. The number of pyridine rings is 1. The number of para-hydroxylation sites is 1. The molecule has 1 aliphatic carbocycles. The molecular formula is C46H57N7O8S. The minimum absolute atomic E-state index is 0.0373. The van der Waals surface area contributed by atoms with Crippen molar-refractivity contribution in [3.63, 3.8) is 0 Å². The molecule has 62 heavy (non-hydrogen) atoms. The molecule has 1 saturated carbocycles. The lowest BCUT2D eigenvalue weighted by molar-refractivity contribution is -0.142. The lowest BCUT2D eigenvalue weighted by Crippen LogP contribution is -2.33. The summed E-state index contributed by atoms with van der Waals surface area (Å²) in [4.78, 5) is 48.3. The molecule has 2 aromatic carbocycles. The van der Waals surface area contributed by atoms with Crippen LogP contribution in [0.2, 0.25) is 0 Å². The van der Waals surface area contributed by atoms with Gasteiger partial charge in [-0.25, -0.2) is 19.6 Å². The van der Waals surface area contributed by atoms with Crippen LogP contribution >= 0.6 is 11.3 Å². The van der Waals surface area contributed by atoms with Crippen LogP contribution in [0.3, 0.4) is 0 Å². The fraction of sp³-hybridized carbons (Fsp3) is 0.478. The van der Waals surface area contributed by atoms with E-state index in [1.807, 2.05) is 71.1 Å². The Bertz CT molecular complexity index is 2300. The number of thiazole rings is 1. The van der Waals surface area contributed by atoms with Crippen molar-refractivity contribution in [3.05, 3.63) is 88.9 Å². The van der Waals surface area contributed by atoms with Crippen molar-refractivity contribution in [3.8, 4) is 11.1 Å². The SMILES string of the molecule is Cc1c(-c2ccc(N3CCc4cccc(C(=O)Nc5nc6ccccc6s5)c4C3)nc2C(=O)O)cnn1CC1CC(C)CC(C)CC(OCCNCCOCCOCC(=O)O)C1. The number of nitrogens with zero attached hydrogens (tertiary/aromatic N) is 5. The van der Waals surface area contributed by atoms with Gasteiger partial charge in [0, 0.05) is 55.1 Å². The third-order valence-electron chi connectivity index (χ3n) is 11.7. The fourth-order valence-corrected chi connectivity index (χ4v) is 9.78. The Morgan fingerprint density at radius 1 is 0.871 bits per heavy atom. The minimum Gasteiger partial charge on any atom is -0.480 e. The molecular weight excluding hydrogens is 811 g/mol. The normalized spacial score (nSPS) is 19.2. The van der Waals surface area contributed by atoms with Gasteiger partial charge in [-0.15, -0.1) is 0 Å². The number of amides is 1. The number of carboxylic acid groups (broad SMARTS) is 2. The molecule has 2 aliphatic rings. The Labute approximate surface area is 365 Å². The molecule has 4 heterocycles. The molecule has 0 spiro atoms. The van der Waals surface area contributed by atoms with Gasteiger partial charge in [-0.05, 0) is 98.2 Å². The standard InChI is InChI=1S/C46H57N7O8S/c1-29-21-30(2)23-34(61-18-15-47-14-17-59-19-20-60-28-42(54)55)24-32(22-29)26-53-31(3)37(25-48-53)35-11-12-41(50-43(35)45(57)58)52-16-13-33-7-6-8-36(38(33)27-52)44(56)51-46-49-39-9-4-5-10-40(39)62-46/h4-12,25,29-30,32,34,47H,13-24,26-28H2,1-3H3,(H,54,55)(H,57,58)(H,49,51,56). The van der Waals surface area contributed by atoms with Crippen LogP contribution in [0.25, 0.3) is 21.3 Å². The number of fused-ring (bicyclic) bond motifs is 2. The van der Waals surface area contributed by atoms with E-state index in [9.17, 15) is 19.5 Å².